The minimum Gasteiger partial charge on any atom is -0.389 e. The number of benzene rings is 2. The summed E-state index contributed by atoms with van der Waals surface area (Å²) < 4.78 is 10.2. The summed E-state index contributed by atoms with van der Waals surface area (Å²) in [5.41, 5.74) is 2.21. The Bertz CT molecular complexity index is 787. The van der Waals surface area contributed by atoms with Crippen molar-refractivity contribution in [1.82, 2.24) is 9.80 Å². The number of methoxy groups -OCH3 is 2. The van der Waals surface area contributed by atoms with Crippen molar-refractivity contribution >= 4 is 0 Å². The van der Waals surface area contributed by atoms with Crippen molar-refractivity contribution in [3.63, 3.8) is 0 Å². The van der Waals surface area contributed by atoms with E-state index in [4.69, 9.17) is 9.47 Å². The van der Waals surface area contributed by atoms with Gasteiger partial charge in [-0.15, -0.1) is 0 Å². The molecule has 39 heavy (non-hydrogen) atoms. The van der Waals surface area contributed by atoms with Crippen molar-refractivity contribution in [2.24, 2.45) is 0 Å². The van der Waals surface area contributed by atoms with Gasteiger partial charge >= 0.3 is 0 Å². The summed E-state index contributed by atoms with van der Waals surface area (Å²) in [7, 11) is 3.51. The molecule has 2 aliphatic rings. The standard InChI is InChI=1S/C15H23NO2.C14H21NO.C3H8.C2H6/c1-18-12-11-16-9-7-15(17,8-10-16)13-14-5-3-2-4-6-14;1-16-12-11-15-9-7-14(8-10-15)13-5-3-2-4-6-13;1-3-2;1-2/h2-6,17H,7-13H2,1H3;2-6,14H,7-12H2,1H3;3H2,1-2H3;1-2H3. The average molecular weight is 543 g/mol. The number of ether oxygens (including phenoxy) is 2. The second-order valence-corrected chi connectivity index (χ2v) is 10.4. The SMILES string of the molecule is CC.CCC.COCCN1CCC(O)(Cc2ccccc2)CC1.COCCN1CCC(c2ccccc2)CC1. The zero-order chi connectivity index (χ0) is 28.8. The third kappa shape index (κ3) is 15.0. The van der Waals surface area contributed by atoms with Gasteiger partial charge in [0.1, 0.15) is 0 Å². The first-order chi connectivity index (χ1) is 19.0. The number of nitrogens with zero attached hydrogens (tertiary/aromatic N) is 2. The van der Waals surface area contributed by atoms with E-state index in [2.05, 4.69) is 66.1 Å². The number of hydrogen-bond acceptors (Lipinski definition) is 5. The third-order valence-electron chi connectivity index (χ3n) is 7.24. The molecule has 2 fully saturated rings. The minimum absolute atomic E-state index is 0.523. The maximum absolute atomic E-state index is 10.6. The average Bonchev–Trinajstić information content (AvgIpc) is 2.99. The summed E-state index contributed by atoms with van der Waals surface area (Å²) >= 11 is 0. The summed E-state index contributed by atoms with van der Waals surface area (Å²) in [6, 6.07) is 21.2. The summed E-state index contributed by atoms with van der Waals surface area (Å²) in [5.74, 6) is 0.764. The van der Waals surface area contributed by atoms with Gasteiger partial charge in [-0.25, -0.2) is 0 Å². The molecule has 2 aliphatic heterocycles. The molecule has 0 radical (unpaired) electrons. The first-order valence-electron chi connectivity index (χ1n) is 15.3. The van der Waals surface area contributed by atoms with Crippen LogP contribution < -0.4 is 0 Å². The number of rotatable bonds is 9. The highest BCUT2D eigenvalue weighted by Crippen LogP contribution is 2.28. The quantitative estimate of drug-likeness (QED) is 0.384. The molecule has 0 atom stereocenters. The smallest absolute Gasteiger partial charge is 0.0712 e. The maximum Gasteiger partial charge on any atom is 0.0712 e. The van der Waals surface area contributed by atoms with Crippen LogP contribution >= 0.6 is 0 Å². The molecule has 222 valence electrons. The number of piperidine rings is 2. The van der Waals surface area contributed by atoms with Gasteiger partial charge in [0, 0.05) is 46.8 Å². The van der Waals surface area contributed by atoms with Gasteiger partial charge in [-0.05, 0) is 55.8 Å². The lowest BCUT2D eigenvalue weighted by molar-refractivity contribution is -0.0245. The molecule has 4 rings (SSSR count). The van der Waals surface area contributed by atoms with E-state index < -0.39 is 5.60 Å². The van der Waals surface area contributed by atoms with Crippen molar-refractivity contribution in [2.75, 3.05) is 66.7 Å². The molecule has 2 aromatic rings. The Morgan fingerprint density at radius 1 is 0.744 bits per heavy atom. The molecule has 0 unspecified atom stereocenters. The number of aliphatic hydroxyl groups is 1. The molecule has 5 nitrogen and oxygen atoms in total. The van der Waals surface area contributed by atoms with E-state index in [1.807, 2.05) is 32.0 Å². The third-order valence-corrected chi connectivity index (χ3v) is 7.24. The zero-order valence-electron chi connectivity index (χ0n) is 25.9. The lowest BCUT2D eigenvalue weighted by atomic mass is 9.85. The molecule has 1 N–H and O–H groups in total. The zero-order valence-corrected chi connectivity index (χ0v) is 25.9. The Hall–Kier alpha value is -1.76. The van der Waals surface area contributed by atoms with Gasteiger partial charge in [-0.3, -0.25) is 0 Å². The Balaban J connectivity index is 0.000000337. The largest absolute Gasteiger partial charge is 0.389 e. The minimum atomic E-state index is -0.523. The fraction of sp³-hybridized carbons (Fsp3) is 0.647. The van der Waals surface area contributed by atoms with Crippen LogP contribution in [0, 0.1) is 0 Å². The molecular formula is C34H58N2O3. The van der Waals surface area contributed by atoms with Crippen molar-refractivity contribution in [2.45, 2.75) is 77.7 Å². The van der Waals surface area contributed by atoms with Crippen molar-refractivity contribution < 1.29 is 14.6 Å². The van der Waals surface area contributed by atoms with Crippen molar-refractivity contribution in [1.29, 1.82) is 0 Å². The van der Waals surface area contributed by atoms with Crippen LogP contribution in [-0.2, 0) is 15.9 Å². The van der Waals surface area contributed by atoms with E-state index in [1.165, 1.54) is 43.5 Å². The van der Waals surface area contributed by atoms with Gasteiger partial charge < -0.3 is 24.4 Å². The molecule has 0 aromatic heterocycles. The van der Waals surface area contributed by atoms with Crippen molar-refractivity contribution in [3.8, 4) is 0 Å². The van der Waals surface area contributed by atoms with E-state index in [0.717, 1.165) is 64.6 Å². The van der Waals surface area contributed by atoms with Crippen LogP contribution in [0.1, 0.15) is 76.8 Å². The van der Waals surface area contributed by atoms with E-state index in [1.54, 1.807) is 14.2 Å². The highest BCUT2D eigenvalue weighted by Gasteiger charge is 2.32. The van der Waals surface area contributed by atoms with E-state index in [9.17, 15) is 5.11 Å². The predicted molar refractivity (Wildman–Crippen MR) is 167 cm³/mol. The summed E-state index contributed by atoms with van der Waals surface area (Å²) in [6.45, 7) is 16.3. The van der Waals surface area contributed by atoms with Gasteiger partial charge in [0.25, 0.3) is 0 Å². The monoisotopic (exact) mass is 542 g/mol. The Morgan fingerprint density at radius 2 is 1.18 bits per heavy atom. The summed E-state index contributed by atoms with van der Waals surface area (Å²) in [5, 5.41) is 10.6. The second-order valence-electron chi connectivity index (χ2n) is 10.4. The van der Waals surface area contributed by atoms with E-state index in [-0.39, 0.29) is 0 Å². The molecule has 0 bridgehead atoms. The molecular weight excluding hydrogens is 484 g/mol. The van der Waals surface area contributed by atoms with Gasteiger partial charge in [0.05, 0.1) is 18.8 Å². The fourth-order valence-corrected chi connectivity index (χ4v) is 5.00. The second kappa shape index (κ2) is 22.0. The van der Waals surface area contributed by atoms with Crippen LogP contribution in [-0.4, -0.2) is 87.2 Å². The van der Waals surface area contributed by atoms with Gasteiger partial charge in [0.2, 0.25) is 0 Å². The molecule has 0 amide bonds. The van der Waals surface area contributed by atoms with E-state index in [0.29, 0.717) is 0 Å². The lowest BCUT2D eigenvalue weighted by Crippen LogP contribution is -2.46. The Labute approximate surface area is 240 Å². The molecule has 2 saturated heterocycles. The van der Waals surface area contributed by atoms with Gasteiger partial charge in [-0.2, -0.15) is 0 Å². The molecule has 5 heteroatoms. The molecule has 0 spiro atoms. The summed E-state index contributed by atoms with van der Waals surface area (Å²) in [6.07, 6.45) is 6.30. The molecule has 2 heterocycles. The lowest BCUT2D eigenvalue weighted by Gasteiger charge is -2.38. The molecule has 2 aromatic carbocycles. The Kier molecular flexibility index (Phi) is 19.9. The number of likely N-dealkylation sites (tertiary alicyclic amines) is 2. The maximum atomic E-state index is 10.6. The van der Waals surface area contributed by atoms with Gasteiger partial charge in [0.15, 0.2) is 0 Å². The normalized spacial score (nSPS) is 17.5. The van der Waals surface area contributed by atoms with Crippen LogP contribution in [0.15, 0.2) is 60.7 Å². The highest BCUT2D eigenvalue weighted by atomic mass is 16.5. The van der Waals surface area contributed by atoms with Crippen LogP contribution in [0.3, 0.4) is 0 Å². The predicted octanol–water partition coefficient (Wildman–Crippen LogP) is 6.66. The van der Waals surface area contributed by atoms with E-state index >= 15 is 0 Å². The van der Waals surface area contributed by atoms with Crippen LogP contribution in [0.5, 0.6) is 0 Å². The van der Waals surface area contributed by atoms with Crippen molar-refractivity contribution in [3.05, 3.63) is 71.8 Å². The first kappa shape index (κ1) is 35.3. The van der Waals surface area contributed by atoms with Crippen LogP contribution in [0.2, 0.25) is 0 Å². The molecule has 0 saturated carbocycles. The first-order valence-corrected chi connectivity index (χ1v) is 15.3. The van der Waals surface area contributed by atoms with Gasteiger partial charge in [-0.1, -0.05) is 94.8 Å². The van der Waals surface area contributed by atoms with Crippen LogP contribution in [0.25, 0.3) is 0 Å². The Morgan fingerprint density at radius 3 is 1.64 bits per heavy atom. The fourth-order valence-electron chi connectivity index (χ4n) is 5.00. The number of hydrogen-bond donors (Lipinski definition) is 1. The molecule has 0 aliphatic carbocycles. The summed E-state index contributed by atoms with van der Waals surface area (Å²) in [4.78, 5) is 4.87. The topological polar surface area (TPSA) is 45.2 Å². The van der Waals surface area contributed by atoms with Crippen LogP contribution in [0.4, 0.5) is 0 Å². The highest BCUT2D eigenvalue weighted by molar-refractivity contribution is 5.20.